The minimum Gasteiger partial charge on any atom is -0.480 e. The van der Waals surface area contributed by atoms with Gasteiger partial charge in [-0.2, -0.15) is 0 Å². The second-order valence-electron chi connectivity index (χ2n) is 8.40. The summed E-state index contributed by atoms with van der Waals surface area (Å²) in [5, 5.41) is 14.3. The molecule has 176 valence electrons. The third kappa shape index (κ3) is 5.90. The number of rotatable bonds is 10. The van der Waals surface area contributed by atoms with Gasteiger partial charge in [0.05, 0.1) is 12.5 Å². The maximum atomic E-state index is 12.3. The van der Waals surface area contributed by atoms with Crippen molar-refractivity contribution in [3.05, 3.63) is 59.7 Å². The molecule has 0 radical (unpaired) electrons. The second kappa shape index (κ2) is 11.0. The van der Waals surface area contributed by atoms with E-state index in [4.69, 9.17) is 9.47 Å². The van der Waals surface area contributed by atoms with E-state index in [9.17, 15) is 19.5 Å². The van der Waals surface area contributed by atoms with Gasteiger partial charge >= 0.3 is 12.1 Å². The number of nitrogens with one attached hydrogen (secondary N) is 2. The number of benzene rings is 2. The first-order valence-electron chi connectivity index (χ1n) is 11.0. The van der Waals surface area contributed by atoms with Crippen molar-refractivity contribution in [2.75, 3.05) is 20.3 Å². The van der Waals surface area contributed by atoms with Gasteiger partial charge in [-0.25, -0.2) is 9.59 Å². The van der Waals surface area contributed by atoms with Gasteiger partial charge in [-0.05, 0) is 28.2 Å². The van der Waals surface area contributed by atoms with Crippen molar-refractivity contribution in [1.82, 2.24) is 10.6 Å². The van der Waals surface area contributed by atoms with E-state index in [2.05, 4.69) is 22.8 Å². The molecule has 1 aliphatic rings. The number of carbonyl (C=O) groups is 3. The molecule has 0 aromatic heterocycles. The number of ether oxygens (including phenoxy) is 2. The van der Waals surface area contributed by atoms with Crippen LogP contribution >= 0.6 is 0 Å². The fourth-order valence-electron chi connectivity index (χ4n) is 4.04. The average Bonchev–Trinajstić information content (AvgIpc) is 3.12. The molecule has 1 unspecified atom stereocenters. The van der Waals surface area contributed by atoms with Crippen molar-refractivity contribution in [1.29, 1.82) is 0 Å². The predicted molar refractivity (Wildman–Crippen MR) is 123 cm³/mol. The van der Waals surface area contributed by atoms with Crippen LogP contribution in [-0.4, -0.2) is 55.5 Å². The summed E-state index contributed by atoms with van der Waals surface area (Å²) in [5.74, 6) is -1.86. The van der Waals surface area contributed by atoms with Crippen molar-refractivity contribution in [2.45, 2.75) is 38.3 Å². The third-order valence-electron chi connectivity index (χ3n) is 5.81. The molecule has 0 bridgehead atoms. The quantitative estimate of drug-likeness (QED) is 0.508. The normalized spacial score (nSPS) is 14.2. The largest absolute Gasteiger partial charge is 0.480 e. The van der Waals surface area contributed by atoms with Gasteiger partial charge in [0, 0.05) is 19.6 Å². The Morgan fingerprint density at radius 3 is 2.09 bits per heavy atom. The van der Waals surface area contributed by atoms with Gasteiger partial charge in [-0.15, -0.1) is 0 Å². The topological polar surface area (TPSA) is 114 Å². The van der Waals surface area contributed by atoms with Crippen LogP contribution in [0.4, 0.5) is 4.79 Å². The molecule has 8 heteroatoms. The number of aliphatic carboxylic acids is 1. The van der Waals surface area contributed by atoms with E-state index >= 15 is 0 Å². The number of hydrogen-bond acceptors (Lipinski definition) is 5. The second-order valence-corrected chi connectivity index (χ2v) is 8.40. The Morgan fingerprint density at radius 2 is 1.58 bits per heavy atom. The first-order chi connectivity index (χ1) is 15.8. The molecule has 3 rings (SSSR count). The Labute approximate surface area is 193 Å². The number of fused-ring (bicyclic) bond motifs is 3. The summed E-state index contributed by atoms with van der Waals surface area (Å²) < 4.78 is 10.7. The van der Waals surface area contributed by atoms with E-state index in [1.54, 1.807) is 13.8 Å². The van der Waals surface area contributed by atoms with Crippen molar-refractivity contribution in [3.8, 4) is 11.1 Å². The standard InChI is InChI=1S/C25H30N2O6/c1-15(2)23(24(29)30)27-22(28)12-16(32-3)13-26-25(31)33-14-21-19-10-6-4-8-17(19)18-9-5-7-11-20(18)21/h4-11,15-16,21,23H,12-14H2,1-3H3,(H,26,31)(H,27,28)(H,29,30)/t16?,23-/m0/s1. The molecule has 0 aliphatic heterocycles. The smallest absolute Gasteiger partial charge is 0.407 e. The fourth-order valence-corrected chi connectivity index (χ4v) is 4.04. The van der Waals surface area contributed by atoms with Crippen LogP contribution in [0.3, 0.4) is 0 Å². The minimum absolute atomic E-state index is 0.0452. The van der Waals surface area contributed by atoms with Gasteiger partial charge in [-0.3, -0.25) is 4.79 Å². The number of carbonyl (C=O) groups excluding carboxylic acids is 2. The van der Waals surface area contributed by atoms with E-state index < -0.39 is 30.1 Å². The van der Waals surface area contributed by atoms with Crippen LogP contribution < -0.4 is 10.6 Å². The average molecular weight is 455 g/mol. The van der Waals surface area contributed by atoms with Crippen LogP contribution in [0, 0.1) is 5.92 Å². The molecule has 0 saturated carbocycles. The number of carboxylic acid groups (broad SMARTS) is 1. The first kappa shape index (κ1) is 24.3. The molecule has 33 heavy (non-hydrogen) atoms. The Kier molecular flexibility index (Phi) is 8.06. The molecule has 2 aromatic carbocycles. The summed E-state index contributed by atoms with van der Waals surface area (Å²) in [7, 11) is 1.43. The number of methoxy groups -OCH3 is 1. The van der Waals surface area contributed by atoms with Gasteiger partial charge in [0.2, 0.25) is 5.91 Å². The lowest BCUT2D eigenvalue weighted by Crippen LogP contribution is -2.46. The van der Waals surface area contributed by atoms with Crippen LogP contribution in [0.5, 0.6) is 0 Å². The lowest BCUT2D eigenvalue weighted by molar-refractivity contribution is -0.143. The van der Waals surface area contributed by atoms with Gasteiger partial charge in [-0.1, -0.05) is 62.4 Å². The summed E-state index contributed by atoms with van der Waals surface area (Å²) in [4.78, 5) is 35.8. The molecule has 0 spiro atoms. The Morgan fingerprint density at radius 1 is 1.00 bits per heavy atom. The van der Waals surface area contributed by atoms with E-state index in [-0.39, 0.29) is 31.4 Å². The van der Waals surface area contributed by atoms with Crippen LogP contribution in [0.15, 0.2) is 48.5 Å². The Balaban J connectivity index is 1.51. The predicted octanol–water partition coefficient (Wildman–Crippen LogP) is 3.16. The summed E-state index contributed by atoms with van der Waals surface area (Å²) in [5.41, 5.74) is 4.54. The molecule has 0 fully saturated rings. The molecule has 2 atom stereocenters. The lowest BCUT2D eigenvalue weighted by atomic mass is 9.98. The molecular formula is C25H30N2O6. The number of carboxylic acids is 1. The van der Waals surface area contributed by atoms with Crippen molar-refractivity contribution in [3.63, 3.8) is 0 Å². The fraction of sp³-hybridized carbons (Fsp3) is 0.400. The molecule has 0 heterocycles. The Bertz CT molecular complexity index is 960. The summed E-state index contributed by atoms with van der Waals surface area (Å²) >= 11 is 0. The molecule has 2 amide bonds. The molecule has 8 nitrogen and oxygen atoms in total. The van der Waals surface area contributed by atoms with Crippen LogP contribution in [-0.2, 0) is 19.1 Å². The molecule has 3 N–H and O–H groups in total. The van der Waals surface area contributed by atoms with E-state index in [1.807, 2.05) is 36.4 Å². The monoisotopic (exact) mass is 454 g/mol. The molecule has 2 aromatic rings. The van der Waals surface area contributed by atoms with Gasteiger partial charge in [0.25, 0.3) is 0 Å². The zero-order valence-electron chi connectivity index (χ0n) is 19.0. The number of alkyl carbamates (subject to hydrolysis) is 1. The highest BCUT2D eigenvalue weighted by molar-refractivity contribution is 5.84. The van der Waals surface area contributed by atoms with Gasteiger partial charge < -0.3 is 25.2 Å². The zero-order chi connectivity index (χ0) is 24.0. The number of hydrogen-bond donors (Lipinski definition) is 3. The maximum Gasteiger partial charge on any atom is 0.407 e. The van der Waals surface area contributed by atoms with E-state index in [1.165, 1.54) is 7.11 Å². The van der Waals surface area contributed by atoms with Crippen molar-refractivity contribution >= 4 is 18.0 Å². The van der Waals surface area contributed by atoms with Crippen molar-refractivity contribution < 1.29 is 29.0 Å². The highest BCUT2D eigenvalue weighted by Gasteiger charge is 2.29. The molecule has 1 aliphatic carbocycles. The summed E-state index contributed by atoms with van der Waals surface area (Å²) in [6.45, 7) is 3.67. The van der Waals surface area contributed by atoms with Gasteiger partial charge in [0.15, 0.2) is 0 Å². The van der Waals surface area contributed by atoms with E-state index in [0.29, 0.717) is 0 Å². The third-order valence-corrected chi connectivity index (χ3v) is 5.81. The maximum absolute atomic E-state index is 12.3. The van der Waals surface area contributed by atoms with Crippen LogP contribution in [0.25, 0.3) is 11.1 Å². The highest BCUT2D eigenvalue weighted by Crippen LogP contribution is 2.44. The summed E-state index contributed by atoms with van der Waals surface area (Å²) in [6, 6.07) is 15.2. The highest BCUT2D eigenvalue weighted by atomic mass is 16.5. The lowest BCUT2D eigenvalue weighted by Gasteiger charge is -2.20. The zero-order valence-corrected chi connectivity index (χ0v) is 19.0. The van der Waals surface area contributed by atoms with Crippen molar-refractivity contribution in [2.24, 2.45) is 5.92 Å². The number of amides is 2. The van der Waals surface area contributed by atoms with Crippen LogP contribution in [0.1, 0.15) is 37.3 Å². The first-order valence-corrected chi connectivity index (χ1v) is 11.0. The van der Waals surface area contributed by atoms with Gasteiger partial charge in [0.1, 0.15) is 12.6 Å². The molecular weight excluding hydrogens is 424 g/mol. The summed E-state index contributed by atoms with van der Waals surface area (Å²) in [6.07, 6.45) is -1.31. The van der Waals surface area contributed by atoms with E-state index in [0.717, 1.165) is 22.3 Å². The Hall–Kier alpha value is -3.39. The molecule has 0 saturated heterocycles. The van der Waals surface area contributed by atoms with Crippen LogP contribution in [0.2, 0.25) is 0 Å². The minimum atomic E-state index is -1.09. The SMILES string of the molecule is COC(CNC(=O)OCC1c2ccccc2-c2ccccc21)CC(=O)N[C@H](C(=O)O)C(C)C.